The van der Waals surface area contributed by atoms with Gasteiger partial charge in [-0.05, 0) is 57.7 Å². The molecule has 1 rings (SSSR count). The van der Waals surface area contributed by atoms with Gasteiger partial charge in [0.2, 0.25) is 0 Å². The van der Waals surface area contributed by atoms with Crippen LogP contribution >= 0.6 is 0 Å². The fraction of sp³-hybridized carbons (Fsp3) is 1.00. The predicted octanol–water partition coefficient (Wildman–Crippen LogP) is 3.38. The molecule has 0 aliphatic heterocycles. The van der Waals surface area contributed by atoms with Gasteiger partial charge >= 0.3 is 0 Å². The third-order valence-electron chi connectivity index (χ3n) is 4.08. The van der Waals surface area contributed by atoms with E-state index in [1.165, 1.54) is 45.2 Å². The van der Waals surface area contributed by atoms with Crippen LogP contribution < -0.4 is 5.32 Å². The number of likely N-dealkylation sites (N-methyl/N-ethyl adjacent to an activating group) is 1. The summed E-state index contributed by atoms with van der Waals surface area (Å²) < 4.78 is 0. The first-order valence-corrected chi connectivity index (χ1v) is 7.85. The first kappa shape index (κ1) is 16.0. The lowest BCUT2D eigenvalue weighted by Crippen LogP contribution is -2.42. The Labute approximate surface area is 115 Å². The van der Waals surface area contributed by atoms with Crippen molar-refractivity contribution in [3.05, 3.63) is 0 Å². The van der Waals surface area contributed by atoms with Crippen molar-refractivity contribution in [2.75, 3.05) is 27.2 Å². The van der Waals surface area contributed by atoms with Gasteiger partial charge in [0.25, 0.3) is 0 Å². The summed E-state index contributed by atoms with van der Waals surface area (Å²) in [7, 11) is 4.36. The van der Waals surface area contributed by atoms with E-state index < -0.39 is 0 Å². The number of nitrogens with zero attached hydrogens (tertiary/aromatic N) is 1. The van der Waals surface area contributed by atoms with Crippen molar-refractivity contribution in [1.29, 1.82) is 0 Å². The summed E-state index contributed by atoms with van der Waals surface area (Å²) in [6.07, 6.45) is 7.05. The molecule has 0 aromatic carbocycles. The van der Waals surface area contributed by atoms with Crippen molar-refractivity contribution < 1.29 is 0 Å². The van der Waals surface area contributed by atoms with Gasteiger partial charge in [-0.2, -0.15) is 0 Å². The van der Waals surface area contributed by atoms with E-state index in [-0.39, 0.29) is 0 Å². The first-order valence-electron chi connectivity index (χ1n) is 7.85. The van der Waals surface area contributed by atoms with Crippen LogP contribution in [0.4, 0.5) is 0 Å². The summed E-state index contributed by atoms with van der Waals surface area (Å²) in [6, 6.07) is 0.664. The molecule has 1 aliphatic rings. The molecule has 18 heavy (non-hydrogen) atoms. The van der Waals surface area contributed by atoms with Crippen LogP contribution in [0.25, 0.3) is 0 Å². The van der Waals surface area contributed by atoms with Crippen LogP contribution in [0.5, 0.6) is 0 Å². The molecule has 0 aromatic heterocycles. The van der Waals surface area contributed by atoms with E-state index in [1.807, 2.05) is 0 Å². The Morgan fingerprint density at radius 1 is 1.22 bits per heavy atom. The molecule has 3 atom stereocenters. The van der Waals surface area contributed by atoms with Crippen molar-refractivity contribution in [3.8, 4) is 0 Å². The normalized spacial score (nSPS) is 26.8. The van der Waals surface area contributed by atoms with Gasteiger partial charge in [0, 0.05) is 12.6 Å². The maximum atomic E-state index is 3.83. The van der Waals surface area contributed by atoms with Gasteiger partial charge in [0.1, 0.15) is 0 Å². The van der Waals surface area contributed by atoms with E-state index in [4.69, 9.17) is 0 Å². The van der Waals surface area contributed by atoms with Crippen LogP contribution in [0, 0.1) is 17.8 Å². The largest absolute Gasteiger partial charge is 0.312 e. The fourth-order valence-corrected chi connectivity index (χ4v) is 3.31. The highest BCUT2D eigenvalue weighted by atomic mass is 15.1. The number of nitrogens with one attached hydrogen (secondary N) is 1. The maximum absolute atomic E-state index is 3.83. The zero-order valence-electron chi connectivity index (χ0n) is 13.2. The quantitative estimate of drug-likeness (QED) is 0.749. The Morgan fingerprint density at radius 3 is 2.50 bits per heavy atom. The van der Waals surface area contributed by atoms with E-state index in [1.54, 1.807) is 0 Å². The van der Waals surface area contributed by atoms with Crippen LogP contribution in [0.3, 0.4) is 0 Å². The molecular weight excluding hydrogens is 220 g/mol. The van der Waals surface area contributed by atoms with Crippen molar-refractivity contribution in [2.45, 2.75) is 58.9 Å². The molecule has 0 aromatic rings. The first-order chi connectivity index (χ1) is 8.47. The Hall–Kier alpha value is -0.0800. The Kier molecular flexibility index (Phi) is 7.25. The molecule has 0 saturated heterocycles. The molecule has 0 amide bonds. The van der Waals surface area contributed by atoms with Gasteiger partial charge in [-0.15, -0.1) is 0 Å². The Morgan fingerprint density at radius 2 is 1.94 bits per heavy atom. The van der Waals surface area contributed by atoms with Gasteiger partial charge in [-0.25, -0.2) is 0 Å². The van der Waals surface area contributed by atoms with Gasteiger partial charge in [0.05, 0.1) is 0 Å². The summed E-state index contributed by atoms with van der Waals surface area (Å²) in [6.45, 7) is 9.47. The highest BCUT2D eigenvalue weighted by Crippen LogP contribution is 2.28. The molecule has 1 saturated carbocycles. The van der Waals surface area contributed by atoms with E-state index in [2.05, 4.69) is 45.1 Å². The van der Waals surface area contributed by atoms with E-state index in [0.29, 0.717) is 6.04 Å². The van der Waals surface area contributed by atoms with E-state index >= 15 is 0 Å². The second kappa shape index (κ2) is 8.16. The molecule has 1 N–H and O–H groups in total. The molecule has 0 bridgehead atoms. The van der Waals surface area contributed by atoms with Gasteiger partial charge in [0.15, 0.2) is 0 Å². The molecular formula is C16H34N2. The number of rotatable bonds is 7. The van der Waals surface area contributed by atoms with Gasteiger partial charge < -0.3 is 10.2 Å². The van der Waals surface area contributed by atoms with Crippen LogP contribution in [0.15, 0.2) is 0 Å². The minimum absolute atomic E-state index is 0.664. The zero-order chi connectivity index (χ0) is 13.5. The highest BCUT2D eigenvalue weighted by molar-refractivity contribution is 4.77. The monoisotopic (exact) mass is 254 g/mol. The summed E-state index contributed by atoms with van der Waals surface area (Å²) in [5.41, 5.74) is 0. The second-order valence-corrected chi connectivity index (χ2v) is 7.13. The van der Waals surface area contributed by atoms with E-state index in [0.717, 1.165) is 17.8 Å². The van der Waals surface area contributed by atoms with Crippen LogP contribution in [0.2, 0.25) is 0 Å². The van der Waals surface area contributed by atoms with Crippen LogP contribution in [-0.4, -0.2) is 38.1 Å². The second-order valence-electron chi connectivity index (χ2n) is 7.13. The van der Waals surface area contributed by atoms with Gasteiger partial charge in [-0.1, -0.05) is 33.6 Å². The average molecular weight is 254 g/mol. The van der Waals surface area contributed by atoms with Crippen molar-refractivity contribution in [3.63, 3.8) is 0 Å². The lowest BCUT2D eigenvalue weighted by molar-refractivity contribution is 0.245. The van der Waals surface area contributed by atoms with Crippen LogP contribution in [0.1, 0.15) is 52.9 Å². The third kappa shape index (κ3) is 6.75. The van der Waals surface area contributed by atoms with Crippen molar-refractivity contribution in [2.24, 2.45) is 17.8 Å². The standard InChI is InChI=1S/C16H34N2/c1-13(2)9-16(12-18(4)5)17-11-15-8-6-7-14(3)10-15/h13-17H,6-12H2,1-5H3. The zero-order valence-corrected chi connectivity index (χ0v) is 13.2. The summed E-state index contributed by atoms with van der Waals surface area (Å²) in [5, 5.41) is 3.83. The molecule has 0 heterocycles. The lowest BCUT2D eigenvalue weighted by Gasteiger charge is -2.30. The SMILES string of the molecule is CC(C)CC(CN(C)C)NCC1CCCC(C)C1. The topological polar surface area (TPSA) is 15.3 Å². The molecule has 1 aliphatic carbocycles. The minimum atomic E-state index is 0.664. The Bertz CT molecular complexity index is 203. The molecule has 2 heteroatoms. The molecule has 1 fully saturated rings. The average Bonchev–Trinajstić information content (AvgIpc) is 2.24. The predicted molar refractivity (Wildman–Crippen MR) is 80.9 cm³/mol. The van der Waals surface area contributed by atoms with Crippen molar-refractivity contribution >= 4 is 0 Å². The minimum Gasteiger partial charge on any atom is -0.312 e. The molecule has 3 unspecified atom stereocenters. The number of hydrogen-bond acceptors (Lipinski definition) is 2. The summed E-state index contributed by atoms with van der Waals surface area (Å²) in [4.78, 5) is 2.31. The fourth-order valence-electron chi connectivity index (χ4n) is 3.31. The van der Waals surface area contributed by atoms with Gasteiger partial charge in [-0.3, -0.25) is 0 Å². The summed E-state index contributed by atoms with van der Waals surface area (Å²) >= 11 is 0. The maximum Gasteiger partial charge on any atom is 0.0197 e. The highest BCUT2D eigenvalue weighted by Gasteiger charge is 2.20. The summed E-state index contributed by atoms with van der Waals surface area (Å²) in [5.74, 6) is 2.65. The smallest absolute Gasteiger partial charge is 0.0197 e. The van der Waals surface area contributed by atoms with Crippen molar-refractivity contribution in [1.82, 2.24) is 10.2 Å². The molecule has 0 spiro atoms. The lowest BCUT2D eigenvalue weighted by atomic mass is 9.82. The molecule has 0 radical (unpaired) electrons. The molecule has 2 nitrogen and oxygen atoms in total. The van der Waals surface area contributed by atoms with E-state index in [9.17, 15) is 0 Å². The molecule has 108 valence electrons. The number of hydrogen-bond donors (Lipinski definition) is 1. The third-order valence-corrected chi connectivity index (χ3v) is 4.08. The van der Waals surface area contributed by atoms with Crippen LogP contribution in [-0.2, 0) is 0 Å². The Balaban J connectivity index is 2.30.